The van der Waals surface area contributed by atoms with Crippen LogP contribution in [0.15, 0.2) is 67.1 Å². The van der Waals surface area contributed by atoms with Gasteiger partial charge in [-0.2, -0.15) is 0 Å². The minimum atomic E-state index is 0.247. The van der Waals surface area contributed by atoms with E-state index in [2.05, 4.69) is 26.7 Å². The lowest BCUT2D eigenvalue weighted by Gasteiger charge is -2.33. The van der Waals surface area contributed by atoms with Crippen molar-refractivity contribution in [1.82, 2.24) is 19.4 Å². The third kappa shape index (κ3) is 4.47. The molecule has 0 aliphatic carbocycles. The van der Waals surface area contributed by atoms with Crippen LogP contribution in [-0.4, -0.2) is 38.4 Å². The van der Waals surface area contributed by atoms with Crippen LogP contribution in [0.4, 0.5) is 0 Å². The molecule has 1 atom stereocenters. The molecule has 0 saturated carbocycles. The number of hydrogen-bond donors (Lipinski definition) is 0. The molecule has 144 valence electrons. The number of aryl methyl sites for hydroxylation is 1. The van der Waals surface area contributed by atoms with Crippen LogP contribution in [0.1, 0.15) is 42.3 Å². The largest absolute Gasteiger partial charge is 0.342 e. The van der Waals surface area contributed by atoms with Crippen molar-refractivity contribution in [3.8, 4) is 0 Å². The van der Waals surface area contributed by atoms with Gasteiger partial charge in [-0.25, -0.2) is 4.98 Å². The number of piperidine rings is 1. The summed E-state index contributed by atoms with van der Waals surface area (Å²) < 4.78 is 2.17. The molecule has 4 rings (SSSR count). The van der Waals surface area contributed by atoms with E-state index in [9.17, 15) is 4.79 Å². The Labute approximate surface area is 166 Å². The molecular formula is C23H26N4O. The molecule has 28 heavy (non-hydrogen) atoms. The van der Waals surface area contributed by atoms with Crippen LogP contribution in [0.2, 0.25) is 0 Å². The molecule has 1 aliphatic rings. The van der Waals surface area contributed by atoms with Gasteiger partial charge in [0.2, 0.25) is 5.91 Å². The van der Waals surface area contributed by atoms with Gasteiger partial charge in [0.1, 0.15) is 5.82 Å². The summed E-state index contributed by atoms with van der Waals surface area (Å²) in [6.07, 6.45) is 9.16. The molecule has 3 aromatic rings. The van der Waals surface area contributed by atoms with Crippen LogP contribution < -0.4 is 0 Å². The first-order valence-electron chi connectivity index (χ1n) is 10.0. The first kappa shape index (κ1) is 18.4. The number of carbonyl (C=O) groups excluding carboxylic acids is 1. The molecule has 1 amide bonds. The molecule has 0 spiro atoms. The van der Waals surface area contributed by atoms with E-state index in [1.165, 1.54) is 5.56 Å². The minimum Gasteiger partial charge on any atom is -0.342 e. The second-order valence-corrected chi connectivity index (χ2v) is 7.40. The van der Waals surface area contributed by atoms with Crippen LogP contribution in [0.3, 0.4) is 0 Å². The number of likely N-dealkylation sites (tertiary alicyclic amines) is 1. The van der Waals surface area contributed by atoms with Gasteiger partial charge in [0.05, 0.1) is 12.2 Å². The molecule has 3 heterocycles. The number of rotatable bonds is 6. The maximum absolute atomic E-state index is 12.8. The van der Waals surface area contributed by atoms with Crippen molar-refractivity contribution in [3.63, 3.8) is 0 Å². The Morgan fingerprint density at radius 3 is 2.71 bits per heavy atom. The van der Waals surface area contributed by atoms with Crippen LogP contribution >= 0.6 is 0 Å². The summed E-state index contributed by atoms with van der Waals surface area (Å²) in [5.74, 6) is 1.59. The van der Waals surface area contributed by atoms with Crippen molar-refractivity contribution in [1.29, 1.82) is 0 Å². The molecule has 5 heteroatoms. The minimum absolute atomic E-state index is 0.247. The quantitative estimate of drug-likeness (QED) is 0.662. The number of amides is 1. The Morgan fingerprint density at radius 1 is 1.04 bits per heavy atom. The highest BCUT2D eigenvalue weighted by molar-refractivity contribution is 5.76. The Kier molecular flexibility index (Phi) is 5.80. The van der Waals surface area contributed by atoms with E-state index in [1.807, 2.05) is 59.9 Å². The zero-order valence-electron chi connectivity index (χ0n) is 16.1. The summed E-state index contributed by atoms with van der Waals surface area (Å²) in [4.78, 5) is 23.8. The highest BCUT2D eigenvalue weighted by atomic mass is 16.2. The topological polar surface area (TPSA) is 51.0 Å². The van der Waals surface area contributed by atoms with Gasteiger partial charge in [-0.1, -0.05) is 36.4 Å². The van der Waals surface area contributed by atoms with Crippen LogP contribution in [-0.2, 0) is 17.8 Å². The van der Waals surface area contributed by atoms with Crippen molar-refractivity contribution in [2.75, 3.05) is 13.1 Å². The Morgan fingerprint density at radius 2 is 1.89 bits per heavy atom. The highest BCUT2D eigenvalue weighted by Crippen LogP contribution is 2.26. The Bertz CT molecular complexity index is 891. The number of benzene rings is 1. The van der Waals surface area contributed by atoms with Gasteiger partial charge >= 0.3 is 0 Å². The molecule has 2 aromatic heterocycles. The number of aromatic nitrogens is 3. The van der Waals surface area contributed by atoms with Crippen molar-refractivity contribution in [3.05, 3.63) is 84.2 Å². The van der Waals surface area contributed by atoms with Crippen LogP contribution in [0.25, 0.3) is 0 Å². The molecule has 0 N–H and O–H groups in total. The number of carbonyl (C=O) groups is 1. The molecule has 0 radical (unpaired) electrons. The zero-order chi connectivity index (χ0) is 19.2. The summed E-state index contributed by atoms with van der Waals surface area (Å²) in [7, 11) is 0. The number of pyridine rings is 1. The number of imidazole rings is 1. The summed E-state index contributed by atoms with van der Waals surface area (Å²) in [5.41, 5.74) is 2.24. The second-order valence-electron chi connectivity index (χ2n) is 7.40. The molecule has 1 aromatic carbocycles. The summed E-state index contributed by atoms with van der Waals surface area (Å²) in [5, 5.41) is 0. The molecular weight excluding hydrogens is 348 g/mol. The van der Waals surface area contributed by atoms with Gasteiger partial charge in [0.25, 0.3) is 0 Å². The van der Waals surface area contributed by atoms with E-state index in [0.29, 0.717) is 13.0 Å². The summed E-state index contributed by atoms with van der Waals surface area (Å²) in [6, 6.07) is 16.2. The number of hydrogen-bond acceptors (Lipinski definition) is 3. The third-order valence-corrected chi connectivity index (χ3v) is 5.42. The average molecular weight is 374 g/mol. The van der Waals surface area contributed by atoms with Gasteiger partial charge in [-0.05, 0) is 37.0 Å². The highest BCUT2D eigenvalue weighted by Gasteiger charge is 2.27. The van der Waals surface area contributed by atoms with Crippen molar-refractivity contribution < 1.29 is 4.79 Å². The average Bonchev–Trinajstić information content (AvgIpc) is 3.22. The smallest absolute Gasteiger partial charge is 0.222 e. The summed E-state index contributed by atoms with van der Waals surface area (Å²) >= 11 is 0. The molecule has 0 unspecified atom stereocenters. The van der Waals surface area contributed by atoms with Crippen molar-refractivity contribution in [2.24, 2.45) is 0 Å². The Balaban J connectivity index is 1.39. The molecule has 1 saturated heterocycles. The fourth-order valence-corrected chi connectivity index (χ4v) is 3.95. The van der Waals surface area contributed by atoms with Gasteiger partial charge < -0.3 is 9.47 Å². The van der Waals surface area contributed by atoms with Gasteiger partial charge in [0.15, 0.2) is 0 Å². The fourth-order valence-electron chi connectivity index (χ4n) is 3.95. The van der Waals surface area contributed by atoms with Gasteiger partial charge in [-0.3, -0.25) is 9.78 Å². The number of nitrogens with zero attached hydrogens (tertiary/aromatic N) is 4. The molecule has 1 fully saturated rings. The van der Waals surface area contributed by atoms with E-state index in [4.69, 9.17) is 0 Å². The normalized spacial score (nSPS) is 16.9. The van der Waals surface area contributed by atoms with E-state index >= 15 is 0 Å². The lowest BCUT2D eigenvalue weighted by molar-refractivity contribution is -0.132. The fraction of sp³-hybridized carbons (Fsp3) is 0.348. The van der Waals surface area contributed by atoms with E-state index in [1.54, 1.807) is 0 Å². The summed E-state index contributed by atoms with van der Waals surface area (Å²) in [6.45, 7) is 2.33. The third-order valence-electron chi connectivity index (χ3n) is 5.42. The lowest BCUT2D eigenvalue weighted by atomic mass is 9.96. The van der Waals surface area contributed by atoms with E-state index < -0.39 is 0 Å². The second kappa shape index (κ2) is 8.83. The van der Waals surface area contributed by atoms with Crippen molar-refractivity contribution in [2.45, 2.75) is 38.1 Å². The lowest BCUT2D eigenvalue weighted by Crippen LogP contribution is -2.39. The SMILES string of the molecule is O=C(CCc1ccccc1)N1CCC[C@@H](c2nccn2Cc2ccccn2)C1. The predicted molar refractivity (Wildman–Crippen MR) is 109 cm³/mol. The van der Waals surface area contributed by atoms with Crippen LogP contribution in [0.5, 0.6) is 0 Å². The monoisotopic (exact) mass is 374 g/mol. The predicted octanol–water partition coefficient (Wildman–Crippen LogP) is 3.67. The van der Waals surface area contributed by atoms with Crippen LogP contribution in [0, 0.1) is 0 Å². The maximum Gasteiger partial charge on any atom is 0.222 e. The van der Waals surface area contributed by atoms with E-state index in [-0.39, 0.29) is 11.8 Å². The van der Waals surface area contributed by atoms with Crippen molar-refractivity contribution >= 4 is 5.91 Å². The molecule has 1 aliphatic heterocycles. The molecule has 0 bridgehead atoms. The first-order chi connectivity index (χ1) is 13.8. The Hall–Kier alpha value is -2.95. The molecule has 5 nitrogen and oxygen atoms in total. The van der Waals surface area contributed by atoms with Gasteiger partial charge in [0, 0.05) is 44.0 Å². The standard InChI is InChI=1S/C23H26N4O/c28-22(12-11-19-7-2-1-3-8-19)26-15-6-9-20(17-26)23-25-14-16-27(23)18-21-10-4-5-13-24-21/h1-5,7-8,10,13-14,16,20H,6,9,11-12,15,17-18H2/t20-/m1/s1. The van der Waals surface area contributed by atoms with Gasteiger partial charge in [-0.15, -0.1) is 0 Å². The maximum atomic E-state index is 12.8. The van der Waals surface area contributed by atoms with E-state index in [0.717, 1.165) is 43.9 Å². The zero-order valence-corrected chi connectivity index (χ0v) is 16.1. The first-order valence-corrected chi connectivity index (χ1v) is 10.0.